The van der Waals surface area contributed by atoms with Crippen LogP contribution in [-0.2, 0) is 6.61 Å². The van der Waals surface area contributed by atoms with Crippen molar-refractivity contribution in [3.05, 3.63) is 95.8 Å². The average molecular weight is 414 g/mol. The van der Waals surface area contributed by atoms with Crippen LogP contribution in [0.1, 0.15) is 24.2 Å². The Hall–Kier alpha value is -3.25. The topological polar surface area (TPSA) is 38.7 Å². The second-order valence-corrected chi connectivity index (χ2v) is 6.69. The minimum Gasteiger partial charge on any atom is -0.486 e. The van der Waals surface area contributed by atoms with Crippen LogP contribution in [0.4, 0.5) is 13.2 Å². The third-order valence-corrected chi connectivity index (χ3v) is 4.50. The molecular formula is C24H21F3O3. The number of halogens is 3. The minimum absolute atomic E-state index is 0.0618. The first-order valence-electron chi connectivity index (χ1n) is 9.32. The van der Waals surface area contributed by atoms with Crippen molar-refractivity contribution >= 4 is 0 Å². The highest BCUT2D eigenvalue weighted by Crippen LogP contribution is 2.30. The molecule has 0 spiro atoms. The Kier molecular flexibility index (Phi) is 6.79. The van der Waals surface area contributed by atoms with Crippen LogP contribution in [0.25, 0.3) is 11.1 Å². The van der Waals surface area contributed by atoms with E-state index < -0.39 is 23.6 Å². The van der Waals surface area contributed by atoms with Gasteiger partial charge in [-0.25, -0.2) is 8.78 Å². The first-order valence-corrected chi connectivity index (χ1v) is 9.32. The monoisotopic (exact) mass is 414 g/mol. The van der Waals surface area contributed by atoms with Gasteiger partial charge < -0.3 is 14.6 Å². The van der Waals surface area contributed by atoms with Crippen molar-refractivity contribution in [2.45, 2.75) is 19.6 Å². The van der Waals surface area contributed by atoms with E-state index in [0.717, 1.165) is 5.56 Å². The zero-order chi connectivity index (χ0) is 21.7. The van der Waals surface area contributed by atoms with Crippen molar-refractivity contribution in [2.24, 2.45) is 0 Å². The van der Waals surface area contributed by atoms with Crippen molar-refractivity contribution in [3.63, 3.8) is 0 Å². The molecule has 3 rings (SSSR count). The highest BCUT2D eigenvalue weighted by Gasteiger charge is 2.16. The maximum Gasteiger partial charge on any atom is 0.201 e. The van der Waals surface area contributed by atoms with Gasteiger partial charge in [-0.05, 0) is 47.9 Å². The largest absolute Gasteiger partial charge is 0.486 e. The van der Waals surface area contributed by atoms with E-state index in [-0.39, 0.29) is 30.3 Å². The van der Waals surface area contributed by atoms with Gasteiger partial charge in [-0.3, -0.25) is 0 Å². The van der Waals surface area contributed by atoms with E-state index in [0.29, 0.717) is 11.1 Å². The van der Waals surface area contributed by atoms with Crippen LogP contribution in [0.5, 0.6) is 11.5 Å². The number of benzene rings is 3. The number of rotatable bonds is 8. The number of aliphatic hydroxyl groups excluding tert-OH is 1. The van der Waals surface area contributed by atoms with Crippen LogP contribution in [0, 0.1) is 17.5 Å². The second kappa shape index (κ2) is 9.50. The number of hydrogen-bond donors (Lipinski definition) is 1. The molecule has 30 heavy (non-hydrogen) atoms. The van der Waals surface area contributed by atoms with Gasteiger partial charge in [-0.15, -0.1) is 0 Å². The fraction of sp³-hybridized carbons (Fsp3) is 0.167. The van der Waals surface area contributed by atoms with Gasteiger partial charge >= 0.3 is 0 Å². The standard InChI is InChI=1S/C24H21F3O3/c1-3-12-29-22-11-9-19(23(26)24(22)27)17-6-4-16(5-7-17)14-30-21-10-8-18(15(2)28)13-20(21)25/h3-11,13,15,28H,1,12,14H2,2H3. The van der Waals surface area contributed by atoms with E-state index in [1.807, 2.05) is 0 Å². The van der Waals surface area contributed by atoms with Crippen molar-refractivity contribution in [1.82, 2.24) is 0 Å². The summed E-state index contributed by atoms with van der Waals surface area (Å²) in [6, 6.07) is 13.7. The SMILES string of the molecule is C=CCOc1ccc(-c2ccc(COc3ccc(C(C)O)cc3F)cc2)c(F)c1F. The molecule has 0 amide bonds. The van der Waals surface area contributed by atoms with E-state index in [2.05, 4.69) is 6.58 Å². The fourth-order valence-corrected chi connectivity index (χ4v) is 2.85. The van der Waals surface area contributed by atoms with Crippen molar-refractivity contribution in [1.29, 1.82) is 0 Å². The first-order chi connectivity index (χ1) is 14.4. The van der Waals surface area contributed by atoms with E-state index in [9.17, 15) is 18.3 Å². The summed E-state index contributed by atoms with van der Waals surface area (Å²) in [6.45, 7) is 5.19. The van der Waals surface area contributed by atoms with E-state index >= 15 is 0 Å². The van der Waals surface area contributed by atoms with Crippen molar-refractivity contribution < 1.29 is 27.8 Å². The van der Waals surface area contributed by atoms with Gasteiger partial charge in [0.15, 0.2) is 23.1 Å². The number of ether oxygens (including phenoxy) is 2. The molecule has 0 saturated heterocycles. The molecule has 0 radical (unpaired) electrons. The lowest BCUT2D eigenvalue weighted by Crippen LogP contribution is -2.00. The quantitative estimate of drug-likeness (QED) is 0.462. The van der Waals surface area contributed by atoms with Crippen LogP contribution < -0.4 is 9.47 Å². The highest BCUT2D eigenvalue weighted by molar-refractivity contribution is 5.65. The first kappa shape index (κ1) is 21.5. The van der Waals surface area contributed by atoms with E-state index in [4.69, 9.17) is 9.47 Å². The lowest BCUT2D eigenvalue weighted by atomic mass is 10.0. The van der Waals surface area contributed by atoms with Crippen molar-refractivity contribution in [3.8, 4) is 22.6 Å². The van der Waals surface area contributed by atoms with Gasteiger partial charge in [-0.1, -0.05) is 43.0 Å². The zero-order valence-electron chi connectivity index (χ0n) is 16.4. The maximum atomic E-state index is 14.4. The molecule has 0 fully saturated rings. The molecule has 1 atom stereocenters. The Morgan fingerprint density at radius 2 is 1.63 bits per heavy atom. The molecule has 3 nitrogen and oxygen atoms in total. The Labute approximate surface area is 173 Å². The number of aliphatic hydroxyl groups is 1. The predicted octanol–water partition coefficient (Wildman–Crippen LogP) is 5.97. The lowest BCUT2D eigenvalue weighted by Gasteiger charge is -2.11. The Morgan fingerprint density at radius 1 is 0.933 bits per heavy atom. The fourth-order valence-electron chi connectivity index (χ4n) is 2.85. The Bertz CT molecular complexity index is 1030. The average Bonchev–Trinajstić information content (AvgIpc) is 2.74. The van der Waals surface area contributed by atoms with Crippen LogP contribution in [-0.4, -0.2) is 11.7 Å². The summed E-state index contributed by atoms with van der Waals surface area (Å²) in [7, 11) is 0. The predicted molar refractivity (Wildman–Crippen MR) is 109 cm³/mol. The van der Waals surface area contributed by atoms with Gasteiger partial charge in [-0.2, -0.15) is 4.39 Å². The van der Waals surface area contributed by atoms with Gasteiger partial charge in [0, 0.05) is 5.56 Å². The molecule has 1 N–H and O–H groups in total. The van der Waals surface area contributed by atoms with Gasteiger partial charge in [0.25, 0.3) is 0 Å². The minimum atomic E-state index is -1.06. The molecule has 0 aliphatic heterocycles. The summed E-state index contributed by atoms with van der Waals surface area (Å²) < 4.78 is 53.2. The van der Waals surface area contributed by atoms with Gasteiger partial charge in [0.05, 0.1) is 6.10 Å². The molecule has 0 bridgehead atoms. The molecule has 1 unspecified atom stereocenters. The Balaban J connectivity index is 1.71. The molecule has 0 aliphatic rings. The van der Waals surface area contributed by atoms with E-state index in [1.165, 1.54) is 30.3 Å². The summed E-state index contributed by atoms with van der Waals surface area (Å²) in [5.41, 5.74) is 1.77. The van der Waals surface area contributed by atoms with Gasteiger partial charge in [0.2, 0.25) is 5.82 Å². The second-order valence-electron chi connectivity index (χ2n) is 6.69. The molecule has 0 aliphatic carbocycles. The highest BCUT2D eigenvalue weighted by atomic mass is 19.2. The normalized spacial score (nSPS) is 11.8. The molecule has 3 aromatic carbocycles. The summed E-state index contributed by atoms with van der Waals surface area (Å²) in [5.74, 6) is -2.74. The third-order valence-electron chi connectivity index (χ3n) is 4.50. The van der Waals surface area contributed by atoms with Crippen molar-refractivity contribution in [2.75, 3.05) is 6.61 Å². The Morgan fingerprint density at radius 3 is 2.27 bits per heavy atom. The summed E-state index contributed by atoms with van der Waals surface area (Å²) in [4.78, 5) is 0. The summed E-state index contributed by atoms with van der Waals surface area (Å²) >= 11 is 0. The third kappa shape index (κ3) is 4.83. The summed E-state index contributed by atoms with van der Waals surface area (Å²) in [6.07, 6.45) is 0.674. The molecule has 0 heterocycles. The maximum absolute atomic E-state index is 14.4. The van der Waals surface area contributed by atoms with Crippen LogP contribution >= 0.6 is 0 Å². The van der Waals surface area contributed by atoms with Crippen LogP contribution in [0.3, 0.4) is 0 Å². The smallest absolute Gasteiger partial charge is 0.201 e. The van der Waals surface area contributed by atoms with Crippen LogP contribution in [0.15, 0.2) is 67.3 Å². The number of hydrogen-bond acceptors (Lipinski definition) is 3. The van der Waals surface area contributed by atoms with Crippen LogP contribution in [0.2, 0.25) is 0 Å². The lowest BCUT2D eigenvalue weighted by molar-refractivity contribution is 0.198. The molecular weight excluding hydrogens is 393 g/mol. The van der Waals surface area contributed by atoms with Gasteiger partial charge in [0.1, 0.15) is 13.2 Å². The molecule has 3 aromatic rings. The molecule has 0 aromatic heterocycles. The van der Waals surface area contributed by atoms with E-state index in [1.54, 1.807) is 37.3 Å². The molecule has 6 heteroatoms. The zero-order valence-corrected chi connectivity index (χ0v) is 16.4. The summed E-state index contributed by atoms with van der Waals surface area (Å²) in [5, 5.41) is 9.49. The molecule has 156 valence electrons. The molecule has 0 saturated carbocycles.